The fourth-order valence-electron chi connectivity index (χ4n) is 2.25. The Labute approximate surface area is 172 Å². The number of rotatable bonds is 5. The van der Waals surface area contributed by atoms with Crippen LogP contribution in [-0.4, -0.2) is 23.6 Å². The van der Waals surface area contributed by atoms with E-state index in [2.05, 4.69) is 20.6 Å². The van der Waals surface area contributed by atoms with E-state index in [1.54, 1.807) is 7.05 Å². The Balaban J connectivity index is 0.00000338. The summed E-state index contributed by atoms with van der Waals surface area (Å²) in [5, 5.41) is 6.50. The summed E-state index contributed by atoms with van der Waals surface area (Å²) in [5.74, 6) is 3.04. The van der Waals surface area contributed by atoms with Crippen molar-refractivity contribution in [1.82, 2.24) is 15.6 Å². The number of nitrogens with one attached hydrogen (secondary N) is 2. The molecule has 2 rings (SSSR count). The van der Waals surface area contributed by atoms with Crippen molar-refractivity contribution in [2.24, 2.45) is 4.99 Å². The van der Waals surface area contributed by atoms with Crippen molar-refractivity contribution in [1.29, 1.82) is 0 Å². The molecule has 2 aromatic rings. The number of oxazole rings is 1. The summed E-state index contributed by atoms with van der Waals surface area (Å²) in [4.78, 5) is 8.59. The van der Waals surface area contributed by atoms with Crippen molar-refractivity contribution in [2.75, 3.05) is 7.05 Å². The van der Waals surface area contributed by atoms with Crippen LogP contribution in [0.5, 0.6) is 5.75 Å². The van der Waals surface area contributed by atoms with Crippen LogP contribution in [0, 0.1) is 13.8 Å². The van der Waals surface area contributed by atoms with E-state index < -0.39 is 0 Å². The van der Waals surface area contributed by atoms with E-state index in [-0.39, 0.29) is 29.6 Å². The molecular weight excluding hydrogens is 443 g/mol. The molecule has 1 aromatic heterocycles. The normalized spacial score (nSPS) is 11.7. The Morgan fingerprint density at radius 2 is 1.81 bits per heavy atom. The van der Waals surface area contributed by atoms with Gasteiger partial charge in [0.1, 0.15) is 17.1 Å². The van der Waals surface area contributed by atoms with Crippen LogP contribution in [0.4, 0.5) is 0 Å². The Morgan fingerprint density at radius 3 is 2.38 bits per heavy atom. The van der Waals surface area contributed by atoms with Gasteiger partial charge in [-0.1, -0.05) is 18.2 Å². The van der Waals surface area contributed by atoms with Crippen LogP contribution in [0.2, 0.25) is 0 Å². The molecule has 2 N–H and O–H groups in total. The maximum atomic E-state index is 6.02. The van der Waals surface area contributed by atoms with Gasteiger partial charge in [0.25, 0.3) is 0 Å². The molecule has 0 bridgehead atoms. The van der Waals surface area contributed by atoms with Crippen LogP contribution in [0.3, 0.4) is 0 Å². The highest BCUT2D eigenvalue weighted by molar-refractivity contribution is 14.0. The lowest BCUT2D eigenvalue weighted by atomic mass is 10.1. The first-order valence-electron chi connectivity index (χ1n) is 8.43. The minimum absolute atomic E-state index is 0. The third-order valence-corrected chi connectivity index (χ3v) is 3.54. The van der Waals surface area contributed by atoms with Gasteiger partial charge in [-0.05, 0) is 40.7 Å². The van der Waals surface area contributed by atoms with E-state index in [1.165, 1.54) is 0 Å². The van der Waals surface area contributed by atoms with Crippen LogP contribution in [0.15, 0.2) is 33.7 Å². The van der Waals surface area contributed by atoms with Gasteiger partial charge in [0.05, 0.1) is 12.2 Å². The summed E-state index contributed by atoms with van der Waals surface area (Å²) in [7, 11) is 1.74. The van der Waals surface area contributed by atoms with Crippen LogP contribution >= 0.6 is 24.0 Å². The number of hydrogen-bond acceptors (Lipinski definition) is 4. The highest BCUT2D eigenvalue weighted by Gasteiger charge is 2.14. The van der Waals surface area contributed by atoms with Gasteiger partial charge in [0.2, 0.25) is 5.89 Å². The molecule has 0 amide bonds. The van der Waals surface area contributed by atoms with Crippen LogP contribution in [-0.2, 0) is 13.1 Å². The number of para-hydroxylation sites is 1. The molecule has 0 atom stereocenters. The average Bonchev–Trinajstić information content (AvgIpc) is 2.86. The van der Waals surface area contributed by atoms with Gasteiger partial charge in [-0.2, -0.15) is 0 Å². The fourth-order valence-corrected chi connectivity index (χ4v) is 2.25. The SMILES string of the molecule is CN=C(NCc1nc(C)c(C)o1)NCc1ccccc1OC(C)(C)C.I. The molecule has 0 radical (unpaired) electrons. The molecule has 0 fully saturated rings. The second-order valence-electron chi connectivity index (χ2n) is 6.85. The number of benzene rings is 1. The molecular formula is C19H29IN4O2. The minimum atomic E-state index is -0.239. The van der Waals surface area contributed by atoms with Gasteiger partial charge in [0, 0.05) is 19.2 Å². The molecule has 0 aliphatic rings. The maximum Gasteiger partial charge on any atom is 0.214 e. The molecule has 7 heteroatoms. The van der Waals surface area contributed by atoms with Gasteiger partial charge < -0.3 is 19.8 Å². The van der Waals surface area contributed by atoms with Gasteiger partial charge in [-0.25, -0.2) is 4.98 Å². The summed E-state index contributed by atoms with van der Waals surface area (Å²) in [5.41, 5.74) is 1.74. The van der Waals surface area contributed by atoms with Crippen molar-refractivity contribution < 1.29 is 9.15 Å². The average molecular weight is 472 g/mol. The zero-order valence-corrected chi connectivity index (χ0v) is 18.7. The number of halogens is 1. The number of aromatic nitrogens is 1. The van der Waals surface area contributed by atoms with Crippen LogP contribution < -0.4 is 15.4 Å². The Bertz CT molecular complexity index is 716. The topological polar surface area (TPSA) is 71.7 Å². The largest absolute Gasteiger partial charge is 0.488 e. The van der Waals surface area contributed by atoms with Crippen molar-refractivity contribution in [3.63, 3.8) is 0 Å². The number of aliphatic imine (C=N–C) groups is 1. The lowest BCUT2D eigenvalue weighted by molar-refractivity contribution is 0.129. The molecule has 0 unspecified atom stereocenters. The van der Waals surface area contributed by atoms with E-state index >= 15 is 0 Å². The summed E-state index contributed by atoms with van der Waals surface area (Å²) in [6.45, 7) is 11.0. The third-order valence-electron chi connectivity index (χ3n) is 3.54. The van der Waals surface area contributed by atoms with E-state index in [0.29, 0.717) is 24.9 Å². The van der Waals surface area contributed by atoms with E-state index in [1.807, 2.05) is 58.9 Å². The fraction of sp³-hybridized carbons (Fsp3) is 0.474. The monoisotopic (exact) mass is 472 g/mol. The van der Waals surface area contributed by atoms with Gasteiger partial charge >= 0.3 is 0 Å². The zero-order chi connectivity index (χ0) is 18.4. The number of aryl methyl sites for hydroxylation is 2. The van der Waals surface area contributed by atoms with Gasteiger partial charge in [0.15, 0.2) is 5.96 Å². The van der Waals surface area contributed by atoms with Crippen molar-refractivity contribution >= 4 is 29.9 Å². The summed E-state index contributed by atoms with van der Waals surface area (Å²) in [6, 6.07) is 8.00. The number of hydrogen-bond donors (Lipinski definition) is 2. The summed E-state index contributed by atoms with van der Waals surface area (Å²) >= 11 is 0. The Hall–Kier alpha value is -1.77. The maximum absolute atomic E-state index is 6.02. The predicted molar refractivity (Wildman–Crippen MR) is 115 cm³/mol. The molecule has 0 saturated carbocycles. The second kappa shape index (κ2) is 9.80. The molecule has 26 heavy (non-hydrogen) atoms. The molecule has 1 heterocycles. The Morgan fingerprint density at radius 1 is 1.15 bits per heavy atom. The first-order chi connectivity index (χ1) is 11.8. The van der Waals surface area contributed by atoms with Crippen LogP contribution in [0.1, 0.15) is 43.7 Å². The standard InChI is InChI=1S/C19H28N4O2.HI/c1-13-14(2)24-17(23-13)12-22-18(20-6)21-11-15-9-7-8-10-16(15)25-19(3,4)5;/h7-10H,11-12H2,1-6H3,(H2,20,21,22);1H. The molecule has 0 spiro atoms. The van der Waals surface area contributed by atoms with E-state index in [4.69, 9.17) is 9.15 Å². The smallest absolute Gasteiger partial charge is 0.214 e. The van der Waals surface area contributed by atoms with Crippen molar-refractivity contribution in [2.45, 2.75) is 53.3 Å². The predicted octanol–water partition coefficient (Wildman–Crippen LogP) is 3.95. The number of guanidine groups is 1. The van der Waals surface area contributed by atoms with Gasteiger partial charge in [-0.3, -0.25) is 4.99 Å². The van der Waals surface area contributed by atoms with Crippen LogP contribution in [0.25, 0.3) is 0 Å². The summed E-state index contributed by atoms with van der Waals surface area (Å²) < 4.78 is 11.6. The molecule has 6 nitrogen and oxygen atoms in total. The molecule has 0 saturated heterocycles. The first-order valence-corrected chi connectivity index (χ1v) is 8.43. The first kappa shape index (κ1) is 22.3. The highest BCUT2D eigenvalue weighted by atomic mass is 127. The Kier molecular flexibility index (Phi) is 8.39. The lowest BCUT2D eigenvalue weighted by Crippen LogP contribution is -2.36. The lowest BCUT2D eigenvalue weighted by Gasteiger charge is -2.23. The summed E-state index contributed by atoms with van der Waals surface area (Å²) in [6.07, 6.45) is 0. The minimum Gasteiger partial charge on any atom is -0.488 e. The number of ether oxygens (including phenoxy) is 1. The highest BCUT2D eigenvalue weighted by Crippen LogP contribution is 2.22. The number of nitrogens with zero attached hydrogens (tertiary/aromatic N) is 2. The van der Waals surface area contributed by atoms with Crippen molar-refractivity contribution in [3.8, 4) is 5.75 Å². The molecule has 0 aliphatic heterocycles. The zero-order valence-electron chi connectivity index (χ0n) is 16.3. The molecule has 1 aromatic carbocycles. The second-order valence-corrected chi connectivity index (χ2v) is 6.85. The van der Waals surface area contributed by atoms with E-state index in [9.17, 15) is 0 Å². The van der Waals surface area contributed by atoms with E-state index in [0.717, 1.165) is 22.8 Å². The third kappa shape index (κ3) is 6.86. The van der Waals surface area contributed by atoms with Gasteiger partial charge in [-0.15, -0.1) is 24.0 Å². The quantitative estimate of drug-likeness (QED) is 0.392. The van der Waals surface area contributed by atoms with Crippen molar-refractivity contribution in [3.05, 3.63) is 47.2 Å². The molecule has 0 aliphatic carbocycles. The molecule has 144 valence electrons.